The van der Waals surface area contributed by atoms with Crippen LogP contribution in [0.2, 0.25) is 5.02 Å². The summed E-state index contributed by atoms with van der Waals surface area (Å²) in [6, 6.07) is 4.63. The number of hydrogen-bond donors (Lipinski definition) is 1. The third kappa shape index (κ3) is 3.98. The van der Waals surface area contributed by atoms with Gasteiger partial charge in [0.1, 0.15) is 22.2 Å². The number of alkyl halides is 3. The first kappa shape index (κ1) is 21.2. The highest BCUT2D eigenvalue weighted by molar-refractivity contribution is 7.89. The van der Waals surface area contributed by atoms with Gasteiger partial charge in [-0.15, -0.1) is 0 Å². The third-order valence-corrected chi connectivity index (χ3v) is 5.33. The molecule has 0 saturated heterocycles. The highest BCUT2D eigenvalue weighted by Crippen LogP contribution is 2.44. The van der Waals surface area contributed by atoms with Crippen LogP contribution in [0.15, 0.2) is 39.8 Å². The number of benzene rings is 2. The Kier molecular flexibility index (Phi) is 5.18. The normalized spacial score (nSPS) is 12.4. The van der Waals surface area contributed by atoms with Crippen molar-refractivity contribution in [3.05, 3.63) is 58.3 Å². The first-order valence-corrected chi connectivity index (χ1v) is 9.58. The molecule has 0 radical (unpaired) electrons. The lowest BCUT2D eigenvalue weighted by Crippen LogP contribution is -2.15. The van der Waals surface area contributed by atoms with E-state index in [1.54, 1.807) is 6.92 Å². The predicted molar refractivity (Wildman–Crippen MR) is 93.4 cm³/mol. The van der Waals surface area contributed by atoms with Crippen LogP contribution < -0.4 is 5.14 Å². The third-order valence-electron chi connectivity index (χ3n) is 3.99. The van der Waals surface area contributed by atoms with Gasteiger partial charge in [0.05, 0.1) is 5.56 Å². The number of nitrogens with two attached hydrogens (primary N) is 1. The smallest absolute Gasteiger partial charge is 0.350 e. The lowest BCUT2D eigenvalue weighted by Gasteiger charge is -2.10. The van der Waals surface area contributed by atoms with E-state index in [1.165, 1.54) is 18.2 Å². The molecular weight excluding hydrogens is 443 g/mol. The molecule has 0 aliphatic heterocycles. The number of halogens is 6. The Labute approximate surface area is 165 Å². The first-order chi connectivity index (χ1) is 13.3. The van der Waals surface area contributed by atoms with Crippen molar-refractivity contribution >= 4 is 21.6 Å². The molecule has 0 atom stereocenters. The molecule has 0 spiro atoms. The summed E-state index contributed by atoms with van der Waals surface area (Å²) in [6.45, 7) is 1.65. The standard InChI is InChI=1S/C17H10ClF5N2O3S/c1-7-2-3-8(4-10(7)18)15-14(16(28-25-15)17(21,22)23)9-5-12(20)13(6-11(9)19)29(24,26)27/h2-6H,1H3,(H2,24,26,27). The highest BCUT2D eigenvalue weighted by Gasteiger charge is 2.42. The summed E-state index contributed by atoms with van der Waals surface area (Å²) >= 11 is 5.99. The van der Waals surface area contributed by atoms with Gasteiger partial charge in [-0.2, -0.15) is 13.2 Å². The largest absolute Gasteiger partial charge is 0.453 e. The molecular formula is C17H10ClF5N2O3S. The van der Waals surface area contributed by atoms with E-state index in [-0.39, 0.29) is 22.7 Å². The van der Waals surface area contributed by atoms with Crippen molar-refractivity contribution in [3.63, 3.8) is 0 Å². The molecule has 0 aliphatic carbocycles. The minimum atomic E-state index is -5.10. The van der Waals surface area contributed by atoms with Gasteiger partial charge in [0, 0.05) is 16.1 Å². The Bertz CT molecular complexity index is 1220. The zero-order chi connectivity index (χ0) is 21.7. The van der Waals surface area contributed by atoms with Crippen molar-refractivity contribution in [2.24, 2.45) is 5.14 Å². The number of rotatable bonds is 3. The maximum atomic E-state index is 14.6. The van der Waals surface area contributed by atoms with Gasteiger partial charge in [-0.3, -0.25) is 0 Å². The average molecular weight is 453 g/mol. The fourth-order valence-electron chi connectivity index (χ4n) is 2.61. The molecule has 0 amide bonds. The predicted octanol–water partition coefficient (Wildman–Crippen LogP) is 4.91. The topological polar surface area (TPSA) is 86.2 Å². The molecule has 0 bridgehead atoms. The van der Waals surface area contributed by atoms with Crippen LogP contribution in [0.4, 0.5) is 22.0 Å². The monoisotopic (exact) mass is 452 g/mol. The second kappa shape index (κ2) is 7.08. The maximum Gasteiger partial charge on any atom is 0.453 e. The molecule has 29 heavy (non-hydrogen) atoms. The zero-order valence-electron chi connectivity index (χ0n) is 14.3. The molecule has 3 aromatic rings. The van der Waals surface area contributed by atoms with E-state index in [1.807, 2.05) is 0 Å². The van der Waals surface area contributed by atoms with Crippen LogP contribution in [0.25, 0.3) is 22.4 Å². The fraction of sp³-hybridized carbons (Fsp3) is 0.118. The van der Waals surface area contributed by atoms with E-state index in [0.29, 0.717) is 5.56 Å². The van der Waals surface area contributed by atoms with Crippen molar-refractivity contribution < 1.29 is 34.9 Å². The minimum absolute atomic E-state index is 0.0465. The van der Waals surface area contributed by atoms with Gasteiger partial charge >= 0.3 is 6.18 Å². The van der Waals surface area contributed by atoms with Crippen molar-refractivity contribution in [2.45, 2.75) is 18.0 Å². The molecule has 0 saturated carbocycles. The fourth-order valence-corrected chi connectivity index (χ4v) is 3.39. The molecule has 0 fully saturated rings. The average Bonchev–Trinajstić information content (AvgIpc) is 3.03. The van der Waals surface area contributed by atoms with E-state index in [4.69, 9.17) is 16.7 Å². The van der Waals surface area contributed by atoms with E-state index in [9.17, 15) is 30.4 Å². The van der Waals surface area contributed by atoms with Crippen LogP contribution in [0.1, 0.15) is 11.3 Å². The number of primary sulfonamides is 1. The number of aromatic nitrogens is 1. The van der Waals surface area contributed by atoms with E-state index >= 15 is 0 Å². The van der Waals surface area contributed by atoms with Crippen LogP contribution >= 0.6 is 11.6 Å². The highest BCUT2D eigenvalue weighted by atomic mass is 35.5. The minimum Gasteiger partial charge on any atom is -0.350 e. The Morgan fingerprint density at radius 3 is 2.31 bits per heavy atom. The Morgan fingerprint density at radius 1 is 1.10 bits per heavy atom. The first-order valence-electron chi connectivity index (χ1n) is 7.66. The van der Waals surface area contributed by atoms with Crippen LogP contribution in [0.3, 0.4) is 0 Å². The molecule has 3 rings (SSSR count). The van der Waals surface area contributed by atoms with Crippen LogP contribution in [0.5, 0.6) is 0 Å². The molecule has 1 aromatic heterocycles. The Hall–Kier alpha value is -2.50. The summed E-state index contributed by atoms with van der Waals surface area (Å²) < 4.78 is 96.1. The van der Waals surface area contributed by atoms with Crippen molar-refractivity contribution in [1.82, 2.24) is 5.16 Å². The zero-order valence-corrected chi connectivity index (χ0v) is 15.9. The van der Waals surface area contributed by atoms with Gasteiger partial charge in [-0.25, -0.2) is 22.3 Å². The number of hydrogen-bond acceptors (Lipinski definition) is 4. The van der Waals surface area contributed by atoms with Crippen molar-refractivity contribution in [2.75, 3.05) is 0 Å². The van der Waals surface area contributed by atoms with Crippen LogP contribution in [-0.4, -0.2) is 13.6 Å². The Morgan fingerprint density at radius 2 is 1.76 bits per heavy atom. The summed E-state index contributed by atoms with van der Waals surface area (Å²) in [4.78, 5) is -1.20. The summed E-state index contributed by atoms with van der Waals surface area (Å²) in [5.41, 5.74) is -1.61. The Balaban J connectivity index is 2.35. The van der Waals surface area contributed by atoms with E-state index in [2.05, 4.69) is 9.68 Å². The number of sulfonamides is 1. The van der Waals surface area contributed by atoms with Gasteiger partial charge in [-0.1, -0.05) is 28.9 Å². The summed E-state index contributed by atoms with van der Waals surface area (Å²) in [7, 11) is -4.65. The van der Waals surface area contributed by atoms with Gasteiger partial charge < -0.3 is 4.52 Å². The van der Waals surface area contributed by atoms with Crippen LogP contribution in [0, 0.1) is 18.6 Å². The van der Waals surface area contributed by atoms with E-state index < -0.39 is 55.3 Å². The molecule has 5 nitrogen and oxygen atoms in total. The molecule has 0 aliphatic rings. The molecule has 12 heteroatoms. The number of aryl methyl sites for hydroxylation is 1. The maximum absolute atomic E-state index is 14.6. The molecule has 2 N–H and O–H groups in total. The van der Waals surface area contributed by atoms with Crippen LogP contribution in [-0.2, 0) is 16.2 Å². The molecule has 2 aromatic carbocycles. The molecule has 0 unspecified atom stereocenters. The summed E-state index contributed by atoms with van der Waals surface area (Å²) in [6.07, 6.45) is -5.10. The summed E-state index contributed by atoms with van der Waals surface area (Å²) in [5, 5.41) is 8.34. The van der Waals surface area contributed by atoms with Gasteiger partial charge in [0.2, 0.25) is 15.8 Å². The molecule has 1 heterocycles. The second-order valence-corrected chi connectivity index (χ2v) is 7.94. The summed E-state index contributed by atoms with van der Waals surface area (Å²) in [5.74, 6) is -4.69. The molecule has 154 valence electrons. The van der Waals surface area contributed by atoms with Crippen molar-refractivity contribution in [1.29, 1.82) is 0 Å². The second-order valence-electron chi connectivity index (χ2n) is 6.00. The van der Waals surface area contributed by atoms with Gasteiger partial charge in [0.15, 0.2) is 0 Å². The lowest BCUT2D eigenvalue weighted by atomic mass is 9.97. The number of nitrogens with zero attached hydrogens (tertiary/aromatic N) is 1. The van der Waals surface area contributed by atoms with Gasteiger partial charge in [-0.05, 0) is 30.7 Å². The van der Waals surface area contributed by atoms with Crippen molar-refractivity contribution in [3.8, 4) is 22.4 Å². The quantitative estimate of drug-likeness (QED) is 0.572. The van der Waals surface area contributed by atoms with Gasteiger partial charge in [0.25, 0.3) is 0 Å². The SMILES string of the molecule is Cc1ccc(-c2noc(C(F)(F)F)c2-c2cc(F)c(S(N)(=O)=O)cc2F)cc1Cl. The lowest BCUT2D eigenvalue weighted by molar-refractivity contribution is -0.154. The van der Waals surface area contributed by atoms with E-state index in [0.717, 1.165) is 0 Å².